The van der Waals surface area contributed by atoms with Gasteiger partial charge in [0.05, 0.1) is 6.42 Å². The van der Waals surface area contributed by atoms with Crippen LogP contribution in [0.3, 0.4) is 0 Å². The Morgan fingerprint density at radius 1 is 1.92 bits per heavy atom. The van der Waals surface area contributed by atoms with Crippen molar-refractivity contribution in [3.8, 4) is 0 Å². The van der Waals surface area contributed by atoms with Gasteiger partial charge in [-0.1, -0.05) is 24.0 Å². The van der Waals surface area contributed by atoms with Gasteiger partial charge in [-0.15, -0.1) is 0 Å². The average Bonchev–Trinajstić information content (AvgIpc) is 2.28. The highest BCUT2D eigenvalue weighted by molar-refractivity contribution is 8.23. The van der Waals surface area contributed by atoms with Crippen LogP contribution in [0.4, 0.5) is 0 Å². The molecule has 3 nitrogen and oxygen atoms in total. The summed E-state index contributed by atoms with van der Waals surface area (Å²) in [7, 11) is 0. The molecule has 1 atom stereocenters. The molecule has 0 aromatic heterocycles. The van der Waals surface area contributed by atoms with Crippen LogP contribution in [0.25, 0.3) is 0 Å². The molecule has 0 aromatic rings. The van der Waals surface area contributed by atoms with Crippen LogP contribution >= 0.6 is 24.0 Å². The standard InChI is InChI=1S/C7H11NO2S2/c1-5-4-12-7(11)8(5)3-2-6(9)10/h5H,2-4H2,1H3,(H,9,10). The Morgan fingerprint density at radius 3 is 3.00 bits per heavy atom. The second-order valence-electron chi connectivity index (χ2n) is 2.76. The molecule has 1 aliphatic rings. The number of thiocarbonyl (C=S) groups is 1. The lowest BCUT2D eigenvalue weighted by Crippen LogP contribution is -2.32. The molecule has 5 heteroatoms. The molecule has 0 aromatic carbocycles. The van der Waals surface area contributed by atoms with Gasteiger partial charge in [0, 0.05) is 18.3 Å². The van der Waals surface area contributed by atoms with Gasteiger partial charge in [-0.3, -0.25) is 4.79 Å². The van der Waals surface area contributed by atoms with Gasteiger partial charge < -0.3 is 10.0 Å². The van der Waals surface area contributed by atoms with Gasteiger partial charge in [0.2, 0.25) is 0 Å². The predicted octanol–water partition coefficient (Wildman–Crippen LogP) is 1.18. The summed E-state index contributed by atoms with van der Waals surface area (Å²) in [6.07, 6.45) is 0.172. The zero-order valence-corrected chi connectivity index (χ0v) is 8.45. The number of carboxylic acids is 1. The molecule has 1 N–H and O–H groups in total. The fraction of sp³-hybridized carbons (Fsp3) is 0.714. The number of hydrogen-bond acceptors (Lipinski definition) is 3. The first-order valence-electron chi connectivity index (χ1n) is 3.76. The SMILES string of the molecule is CC1CSC(=S)N1CCC(=O)O. The molecule has 1 heterocycles. The maximum atomic E-state index is 10.3. The van der Waals surface area contributed by atoms with Crippen molar-refractivity contribution in [3.05, 3.63) is 0 Å². The maximum absolute atomic E-state index is 10.3. The normalized spacial score (nSPS) is 23.2. The third-order valence-corrected chi connectivity index (χ3v) is 3.50. The summed E-state index contributed by atoms with van der Waals surface area (Å²) in [5, 5.41) is 8.47. The third kappa shape index (κ3) is 2.35. The summed E-state index contributed by atoms with van der Waals surface area (Å²) in [5.74, 6) is 0.222. The monoisotopic (exact) mass is 205 g/mol. The first-order valence-corrected chi connectivity index (χ1v) is 5.16. The van der Waals surface area contributed by atoms with Crippen molar-refractivity contribution in [1.29, 1.82) is 0 Å². The molecule has 0 spiro atoms. The van der Waals surface area contributed by atoms with Gasteiger partial charge in [-0.2, -0.15) is 0 Å². The largest absolute Gasteiger partial charge is 0.481 e. The van der Waals surface area contributed by atoms with Gasteiger partial charge in [0.25, 0.3) is 0 Å². The Hall–Kier alpha value is -0.290. The molecule has 1 rings (SSSR count). The highest BCUT2D eigenvalue weighted by Crippen LogP contribution is 2.23. The Bertz CT molecular complexity index is 208. The minimum Gasteiger partial charge on any atom is -0.481 e. The van der Waals surface area contributed by atoms with Gasteiger partial charge >= 0.3 is 5.97 Å². The quantitative estimate of drug-likeness (QED) is 0.701. The van der Waals surface area contributed by atoms with Crippen molar-refractivity contribution < 1.29 is 9.90 Å². The van der Waals surface area contributed by atoms with Crippen LogP contribution < -0.4 is 0 Å². The first kappa shape index (κ1) is 9.80. The van der Waals surface area contributed by atoms with Crippen molar-refractivity contribution in [2.24, 2.45) is 0 Å². The van der Waals surface area contributed by atoms with E-state index >= 15 is 0 Å². The smallest absolute Gasteiger partial charge is 0.305 e. The van der Waals surface area contributed by atoms with E-state index in [9.17, 15) is 4.79 Å². The van der Waals surface area contributed by atoms with E-state index in [2.05, 4.69) is 6.92 Å². The number of nitrogens with zero attached hydrogens (tertiary/aromatic N) is 1. The zero-order valence-electron chi connectivity index (χ0n) is 6.82. The number of rotatable bonds is 3. The van der Waals surface area contributed by atoms with Crippen LogP contribution in [0.5, 0.6) is 0 Å². The van der Waals surface area contributed by atoms with E-state index in [1.807, 2.05) is 4.90 Å². The van der Waals surface area contributed by atoms with Crippen LogP contribution in [0.2, 0.25) is 0 Å². The molecule has 1 fully saturated rings. The molecular formula is C7H11NO2S2. The summed E-state index contributed by atoms with van der Waals surface area (Å²) >= 11 is 6.70. The number of carboxylic acid groups (broad SMARTS) is 1. The van der Waals surface area contributed by atoms with Crippen LogP contribution in [-0.2, 0) is 4.79 Å². The topological polar surface area (TPSA) is 40.5 Å². The third-order valence-electron chi connectivity index (χ3n) is 1.78. The van der Waals surface area contributed by atoms with E-state index < -0.39 is 5.97 Å². The summed E-state index contributed by atoms with van der Waals surface area (Å²) in [6, 6.07) is 0.391. The fourth-order valence-corrected chi connectivity index (χ4v) is 2.55. The molecule has 12 heavy (non-hydrogen) atoms. The Labute approximate surface area is 81.1 Å². The molecule has 0 amide bonds. The van der Waals surface area contributed by atoms with Crippen molar-refractivity contribution in [2.75, 3.05) is 12.3 Å². The van der Waals surface area contributed by atoms with Crippen molar-refractivity contribution in [3.63, 3.8) is 0 Å². The van der Waals surface area contributed by atoms with E-state index in [1.165, 1.54) is 0 Å². The number of thioether (sulfide) groups is 1. The van der Waals surface area contributed by atoms with E-state index in [4.69, 9.17) is 17.3 Å². The van der Waals surface area contributed by atoms with Gasteiger partial charge in [-0.05, 0) is 6.92 Å². The number of hydrogen-bond donors (Lipinski definition) is 1. The summed E-state index contributed by atoms with van der Waals surface area (Å²) in [6.45, 7) is 2.61. The molecular weight excluding hydrogens is 194 g/mol. The molecule has 0 aliphatic carbocycles. The summed E-state index contributed by atoms with van der Waals surface area (Å²) in [4.78, 5) is 12.3. The first-order chi connectivity index (χ1) is 5.61. The average molecular weight is 205 g/mol. The lowest BCUT2D eigenvalue weighted by atomic mass is 10.3. The van der Waals surface area contributed by atoms with Crippen molar-refractivity contribution in [2.45, 2.75) is 19.4 Å². The predicted molar refractivity (Wildman–Crippen MR) is 53.5 cm³/mol. The molecule has 1 aliphatic heterocycles. The van der Waals surface area contributed by atoms with Gasteiger partial charge in [0.1, 0.15) is 4.32 Å². The van der Waals surface area contributed by atoms with E-state index in [1.54, 1.807) is 11.8 Å². The number of carbonyl (C=O) groups is 1. The fourth-order valence-electron chi connectivity index (χ4n) is 1.07. The van der Waals surface area contributed by atoms with Crippen molar-refractivity contribution >= 4 is 34.3 Å². The van der Waals surface area contributed by atoms with Crippen LogP contribution in [0, 0.1) is 0 Å². The van der Waals surface area contributed by atoms with Gasteiger partial charge in [-0.25, -0.2) is 0 Å². The second-order valence-corrected chi connectivity index (χ2v) is 4.42. The highest BCUT2D eigenvalue weighted by Gasteiger charge is 2.24. The molecule has 1 unspecified atom stereocenters. The minimum atomic E-state index is -0.762. The molecule has 68 valence electrons. The zero-order chi connectivity index (χ0) is 9.14. The maximum Gasteiger partial charge on any atom is 0.305 e. The van der Waals surface area contributed by atoms with Crippen LogP contribution in [-0.4, -0.2) is 38.6 Å². The lowest BCUT2D eigenvalue weighted by molar-refractivity contribution is -0.137. The van der Waals surface area contributed by atoms with Crippen LogP contribution in [0.15, 0.2) is 0 Å². The molecule has 0 saturated carbocycles. The second kappa shape index (κ2) is 4.09. The number of aliphatic carboxylic acids is 1. The van der Waals surface area contributed by atoms with E-state index in [0.717, 1.165) is 10.1 Å². The molecule has 0 bridgehead atoms. The Morgan fingerprint density at radius 2 is 2.58 bits per heavy atom. The summed E-state index contributed by atoms with van der Waals surface area (Å²) < 4.78 is 0.837. The van der Waals surface area contributed by atoms with E-state index in [0.29, 0.717) is 12.6 Å². The van der Waals surface area contributed by atoms with E-state index in [-0.39, 0.29) is 6.42 Å². The molecule has 1 saturated heterocycles. The minimum absolute atomic E-state index is 0.172. The van der Waals surface area contributed by atoms with Gasteiger partial charge in [0.15, 0.2) is 0 Å². The van der Waals surface area contributed by atoms with Crippen molar-refractivity contribution in [1.82, 2.24) is 4.90 Å². The Balaban J connectivity index is 2.39. The van der Waals surface area contributed by atoms with Crippen LogP contribution in [0.1, 0.15) is 13.3 Å². The lowest BCUT2D eigenvalue weighted by Gasteiger charge is -2.21. The highest BCUT2D eigenvalue weighted by atomic mass is 32.2. The Kier molecular flexibility index (Phi) is 3.34. The summed E-state index contributed by atoms with van der Waals surface area (Å²) in [5.41, 5.74) is 0. The molecule has 0 radical (unpaired) electrons.